The SMILES string of the molecule is Cc1ccc(C=NNC(=O)CCCc2c[nH]c3ccccc23)cc1. The molecule has 3 rings (SSSR count). The Bertz CT molecular complexity index is 847. The van der Waals surface area contributed by atoms with E-state index >= 15 is 0 Å². The molecule has 0 saturated carbocycles. The quantitative estimate of drug-likeness (QED) is 0.524. The van der Waals surface area contributed by atoms with E-state index in [0.29, 0.717) is 6.42 Å². The van der Waals surface area contributed by atoms with Gasteiger partial charge in [0.2, 0.25) is 5.91 Å². The summed E-state index contributed by atoms with van der Waals surface area (Å²) >= 11 is 0. The van der Waals surface area contributed by atoms with Gasteiger partial charge in [-0.2, -0.15) is 5.10 Å². The number of rotatable bonds is 6. The molecule has 0 unspecified atom stereocenters. The smallest absolute Gasteiger partial charge is 0.240 e. The summed E-state index contributed by atoms with van der Waals surface area (Å²) < 4.78 is 0. The summed E-state index contributed by atoms with van der Waals surface area (Å²) in [6, 6.07) is 16.2. The molecule has 3 aromatic rings. The van der Waals surface area contributed by atoms with Crippen LogP contribution in [0.3, 0.4) is 0 Å². The molecule has 122 valence electrons. The van der Waals surface area contributed by atoms with Crippen LogP contribution in [-0.4, -0.2) is 17.1 Å². The topological polar surface area (TPSA) is 57.2 Å². The summed E-state index contributed by atoms with van der Waals surface area (Å²) in [5.41, 5.74) is 7.15. The van der Waals surface area contributed by atoms with Crippen LogP contribution in [0.1, 0.15) is 29.5 Å². The van der Waals surface area contributed by atoms with E-state index in [9.17, 15) is 4.79 Å². The number of nitrogens with one attached hydrogen (secondary N) is 2. The zero-order valence-corrected chi connectivity index (χ0v) is 13.8. The lowest BCUT2D eigenvalue weighted by molar-refractivity contribution is -0.121. The van der Waals surface area contributed by atoms with Gasteiger partial charge >= 0.3 is 0 Å². The summed E-state index contributed by atoms with van der Waals surface area (Å²) in [6.45, 7) is 2.04. The second-order valence-corrected chi connectivity index (χ2v) is 5.92. The Kier molecular flexibility index (Phi) is 5.06. The van der Waals surface area contributed by atoms with Crippen LogP contribution in [0.2, 0.25) is 0 Å². The number of amides is 1. The molecule has 2 N–H and O–H groups in total. The average Bonchev–Trinajstić information content (AvgIpc) is 3.00. The first-order valence-corrected chi connectivity index (χ1v) is 8.16. The molecular formula is C20H21N3O. The van der Waals surface area contributed by atoms with Gasteiger partial charge < -0.3 is 4.98 Å². The number of aromatic amines is 1. The molecule has 0 saturated heterocycles. The lowest BCUT2D eigenvalue weighted by atomic mass is 10.1. The molecule has 0 aliphatic heterocycles. The molecule has 0 aliphatic rings. The Morgan fingerprint density at radius 2 is 1.96 bits per heavy atom. The monoisotopic (exact) mass is 319 g/mol. The highest BCUT2D eigenvalue weighted by atomic mass is 16.2. The zero-order valence-electron chi connectivity index (χ0n) is 13.8. The molecule has 0 fully saturated rings. The highest BCUT2D eigenvalue weighted by molar-refractivity contribution is 5.83. The van der Waals surface area contributed by atoms with Crippen molar-refractivity contribution in [2.75, 3.05) is 0 Å². The number of carbonyl (C=O) groups excluding carboxylic acids is 1. The Labute approximate surface area is 141 Å². The maximum atomic E-state index is 11.8. The van der Waals surface area contributed by atoms with Crippen molar-refractivity contribution in [2.45, 2.75) is 26.2 Å². The molecule has 1 heterocycles. The number of fused-ring (bicyclic) bond motifs is 1. The van der Waals surface area contributed by atoms with Crippen molar-refractivity contribution in [1.82, 2.24) is 10.4 Å². The predicted octanol–water partition coefficient (Wildman–Crippen LogP) is 3.95. The van der Waals surface area contributed by atoms with Crippen molar-refractivity contribution >= 4 is 23.0 Å². The van der Waals surface area contributed by atoms with Gasteiger partial charge in [-0.1, -0.05) is 48.0 Å². The fourth-order valence-corrected chi connectivity index (χ4v) is 2.67. The van der Waals surface area contributed by atoms with E-state index in [1.807, 2.05) is 49.5 Å². The Morgan fingerprint density at radius 1 is 1.17 bits per heavy atom. The van der Waals surface area contributed by atoms with Gasteiger partial charge in [-0.05, 0) is 37.0 Å². The molecule has 4 heteroatoms. The minimum atomic E-state index is -0.0572. The van der Waals surface area contributed by atoms with Crippen molar-refractivity contribution in [3.63, 3.8) is 0 Å². The number of benzene rings is 2. The van der Waals surface area contributed by atoms with E-state index in [-0.39, 0.29) is 5.91 Å². The lowest BCUT2D eigenvalue weighted by Crippen LogP contribution is -2.17. The number of aromatic nitrogens is 1. The van der Waals surface area contributed by atoms with Crippen LogP contribution in [0.25, 0.3) is 10.9 Å². The first kappa shape index (κ1) is 16.0. The third-order valence-corrected chi connectivity index (χ3v) is 4.01. The van der Waals surface area contributed by atoms with E-state index in [4.69, 9.17) is 0 Å². The summed E-state index contributed by atoms with van der Waals surface area (Å²) in [5.74, 6) is -0.0572. The van der Waals surface area contributed by atoms with Crippen molar-refractivity contribution in [2.24, 2.45) is 5.10 Å². The number of aryl methyl sites for hydroxylation is 2. The van der Waals surface area contributed by atoms with Gasteiger partial charge in [-0.3, -0.25) is 4.79 Å². The first-order chi connectivity index (χ1) is 11.7. The van der Waals surface area contributed by atoms with E-state index in [2.05, 4.69) is 27.6 Å². The Hall–Kier alpha value is -2.88. The molecule has 0 bridgehead atoms. The molecular weight excluding hydrogens is 298 g/mol. The van der Waals surface area contributed by atoms with Gasteiger partial charge in [0.05, 0.1) is 6.21 Å². The van der Waals surface area contributed by atoms with Gasteiger partial charge in [-0.25, -0.2) is 5.43 Å². The molecule has 0 aliphatic carbocycles. The summed E-state index contributed by atoms with van der Waals surface area (Å²) in [5, 5.41) is 5.24. The molecule has 0 spiro atoms. The highest BCUT2D eigenvalue weighted by Crippen LogP contribution is 2.19. The maximum absolute atomic E-state index is 11.8. The lowest BCUT2D eigenvalue weighted by Gasteiger charge is -2.01. The van der Waals surface area contributed by atoms with Gasteiger partial charge in [-0.15, -0.1) is 0 Å². The van der Waals surface area contributed by atoms with E-state index in [0.717, 1.165) is 23.9 Å². The number of carbonyl (C=O) groups is 1. The van der Waals surface area contributed by atoms with Gasteiger partial charge in [0.1, 0.15) is 0 Å². The number of hydrogen-bond donors (Lipinski definition) is 2. The van der Waals surface area contributed by atoms with Crippen LogP contribution < -0.4 is 5.43 Å². The molecule has 1 aromatic heterocycles. The summed E-state index contributed by atoms with van der Waals surface area (Å²) in [6.07, 6.45) is 5.83. The van der Waals surface area contributed by atoms with Gasteiger partial charge in [0.15, 0.2) is 0 Å². The van der Waals surface area contributed by atoms with E-state index in [1.54, 1.807) is 6.21 Å². The second-order valence-electron chi connectivity index (χ2n) is 5.92. The number of hydrogen-bond acceptors (Lipinski definition) is 2. The maximum Gasteiger partial charge on any atom is 0.240 e. The van der Waals surface area contributed by atoms with Crippen LogP contribution in [0.4, 0.5) is 0 Å². The van der Waals surface area contributed by atoms with Crippen molar-refractivity contribution in [3.8, 4) is 0 Å². The molecule has 4 nitrogen and oxygen atoms in total. The fraction of sp³-hybridized carbons (Fsp3) is 0.200. The van der Waals surface area contributed by atoms with E-state index in [1.165, 1.54) is 16.5 Å². The number of para-hydroxylation sites is 1. The number of nitrogens with zero attached hydrogens (tertiary/aromatic N) is 1. The molecule has 0 atom stereocenters. The molecule has 1 amide bonds. The van der Waals surface area contributed by atoms with Crippen molar-refractivity contribution in [3.05, 3.63) is 71.4 Å². The Morgan fingerprint density at radius 3 is 2.79 bits per heavy atom. The fourth-order valence-electron chi connectivity index (χ4n) is 2.67. The molecule has 2 aromatic carbocycles. The standard InChI is InChI=1S/C20H21N3O/c1-15-9-11-16(12-10-15)13-22-23-20(24)8-4-5-17-14-21-19-7-3-2-6-18(17)19/h2-3,6-7,9-14,21H,4-5,8H2,1H3,(H,23,24). The molecule has 0 radical (unpaired) electrons. The zero-order chi connectivity index (χ0) is 16.8. The summed E-state index contributed by atoms with van der Waals surface area (Å²) in [7, 11) is 0. The second kappa shape index (κ2) is 7.59. The van der Waals surface area contributed by atoms with Gasteiger partial charge in [0, 0.05) is 23.5 Å². The van der Waals surface area contributed by atoms with Crippen LogP contribution in [0, 0.1) is 6.92 Å². The third-order valence-electron chi connectivity index (χ3n) is 4.01. The third kappa shape index (κ3) is 4.10. The first-order valence-electron chi connectivity index (χ1n) is 8.16. The highest BCUT2D eigenvalue weighted by Gasteiger charge is 2.04. The molecule has 24 heavy (non-hydrogen) atoms. The number of hydrazone groups is 1. The predicted molar refractivity (Wildman–Crippen MR) is 98.2 cm³/mol. The largest absolute Gasteiger partial charge is 0.361 e. The van der Waals surface area contributed by atoms with Crippen LogP contribution in [0.15, 0.2) is 59.8 Å². The van der Waals surface area contributed by atoms with Crippen molar-refractivity contribution in [1.29, 1.82) is 0 Å². The van der Waals surface area contributed by atoms with E-state index < -0.39 is 0 Å². The van der Waals surface area contributed by atoms with Crippen molar-refractivity contribution < 1.29 is 4.79 Å². The van der Waals surface area contributed by atoms with Crippen LogP contribution >= 0.6 is 0 Å². The number of H-pyrrole nitrogens is 1. The van der Waals surface area contributed by atoms with Gasteiger partial charge in [0.25, 0.3) is 0 Å². The van der Waals surface area contributed by atoms with Crippen LogP contribution in [-0.2, 0) is 11.2 Å². The van der Waals surface area contributed by atoms with Crippen LogP contribution in [0.5, 0.6) is 0 Å². The minimum Gasteiger partial charge on any atom is -0.361 e. The minimum absolute atomic E-state index is 0.0572. The Balaban J connectivity index is 1.45. The normalized spacial score (nSPS) is 11.2. The average molecular weight is 319 g/mol. The summed E-state index contributed by atoms with van der Waals surface area (Å²) in [4.78, 5) is 15.1.